The number of hydrogen-bond acceptors (Lipinski definition) is 5. The first-order chi connectivity index (χ1) is 17.1. The number of H-pyrrole nitrogens is 1. The van der Waals surface area contributed by atoms with E-state index in [-0.39, 0.29) is 5.69 Å². The lowest BCUT2D eigenvalue weighted by atomic mass is 10.0. The minimum absolute atomic E-state index is 0.0340. The van der Waals surface area contributed by atoms with Gasteiger partial charge in [-0.05, 0) is 53.5 Å². The number of benzene rings is 1. The first-order valence-electron chi connectivity index (χ1n) is 11.8. The van der Waals surface area contributed by atoms with Crippen LogP contribution < -0.4 is 5.69 Å². The van der Waals surface area contributed by atoms with Crippen molar-refractivity contribution in [1.82, 2.24) is 39.3 Å². The second-order valence-corrected chi connectivity index (χ2v) is 8.74. The van der Waals surface area contributed by atoms with E-state index >= 15 is 0 Å². The molecule has 0 aliphatic rings. The number of imidazole rings is 1. The van der Waals surface area contributed by atoms with Gasteiger partial charge in [-0.15, -0.1) is 5.10 Å². The summed E-state index contributed by atoms with van der Waals surface area (Å²) in [5.41, 5.74) is 5.66. The minimum Gasteiger partial charge on any atom is -0.337 e. The number of nitrogens with zero attached hydrogens (tertiary/aromatic N) is 7. The van der Waals surface area contributed by atoms with E-state index in [1.165, 1.54) is 0 Å². The van der Waals surface area contributed by atoms with Crippen LogP contribution in [0.5, 0.6) is 0 Å². The van der Waals surface area contributed by atoms with Gasteiger partial charge in [0.25, 0.3) is 0 Å². The molecule has 1 aromatic carbocycles. The molecule has 0 fully saturated rings. The van der Waals surface area contributed by atoms with Gasteiger partial charge in [0.05, 0.1) is 12.2 Å². The highest BCUT2D eigenvalue weighted by Crippen LogP contribution is 2.28. The van der Waals surface area contributed by atoms with E-state index in [2.05, 4.69) is 27.5 Å². The molecule has 0 aliphatic heterocycles. The van der Waals surface area contributed by atoms with Gasteiger partial charge in [0.15, 0.2) is 5.82 Å². The Bertz CT molecular complexity index is 1470. The highest BCUT2D eigenvalue weighted by molar-refractivity contribution is 5.78. The van der Waals surface area contributed by atoms with Gasteiger partial charge in [0.1, 0.15) is 5.82 Å². The number of nitrogens with one attached hydrogen (secondary N) is 1. The molecule has 0 saturated heterocycles. The van der Waals surface area contributed by atoms with Gasteiger partial charge < -0.3 is 4.57 Å². The number of pyridine rings is 1. The number of hydrogen-bond donors (Lipinski definition) is 1. The van der Waals surface area contributed by atoms with Crippen molar-refractivity contribution in [1.29, 1.82) is 0 Å². The number of aromatic amines is 1. The van der Waals surface area contributed by atoms with Crippen molar-refractivity contribution in [3.63, 3.8) is 0 Å². The molecule has 4 aromatic heterocycles. The molecule has 5 aromatic rings. The average Bonchev–Trinajstić information content (AvgIpc) is 3.60. The second-order valence-electron chi connectivity index (χ2n) is 8.74. The first kappa shape index (κ1) is 22.5. The first-order valence-corrected chi connectivity index (χ1v) is 11.8. The average molecular weight is 469 g/mol. The molecule has 0 aliphatic carbocycles. The molecule has 0 radical (unpaired) electrons. The molecule has 0 unspecified atom stereocenters. The predicted molar refractivity (Wildman–Crippen MR) is 134 cm³/mol. The number of tetrazole rings is 1. The fraction of sp³-hybridized carbons (Fsp3) is 0.269. The summed E-state index contributed by atoms with van der Waals surface area (Å²) in [7, 11) is 1.97. The quantitative estimate of drug-likeness (QED) is 0.372. The Hall–Kier alpha value is -4.27. The molecule has 4 heterocycles. The Morgan fingerprint density at radius 2 is 1.89 bits per heavy atom. The van der Waals surface area contributed by atoms with Crippen LogP contribution in [-0.2, 0) is 20.0 Å². The van der Waals surface area contributed by atoms with Crippen molar-refractivity contribution in [2.24, 2.45) is 7.05 Å². The van der Waals surface area contributed by atoms with Crippen molar-refractivity contribution in [2.45, 2.75) is 39.7 Å². The van der Waals surface area contributed by atoms with E-state index in [0.717, 1.165) is 58.7 Å². The van der Waals surface area contributed by atoms with E-state index in [9.17, 15) is 4.79 Å². The molecule has 35 heavy (non-hydrogen) atoms. The summed E-state index contributed by atoms with van der Waals surface area (Å²) >= 11 is 0. The molecule has 0 bridgehead atoms. The van der Waals surface area contributed by atoms with Crippen molar-refractivity contribution in [3.8, 4) is 28.5 Å². The zero-order valence-electron chi connectivity index (χ0n) is 20.1. The van der Waals surface area contributed by atoms with E-state index in [4.69, 9.17) is 4.98 Å². The van der Waals surface area contributed by atoms with Crippen molar-refractivity contribution < 1.29 is 0 Å². The molecule has 9 heteroatoms. The van der Waals surface area contributed by atoms with Gasteiger partial charge in [0.2, 0.25) is 0 Å². The van der Waals surface area contributed by atoms with Crippen LogP contribution in [0.3, 0.4) is 0 Å². The minimum atomic E-state index is -0.0340. The van der Waals surface area contributed by atoms with Gasteiger partial charge >= 0.3 is 5.69 Å². The maximum atomic E-state index is 13.5. The SMILES string of the molecule is CCCCc1cn(-c2c(C)ccn2C)c(=O)n1Cc1ccc(-c2ccccc2-c2nnn[nH]2)nc1. The van der Waals surface area contributed by atoms with Crippen LogP contribution in [0.2, 0.25) is 0 Å². The highest BCUT2D eigenvalue weighted by atomic mass is 16.1. The van der Waals surface area contributed by atoms with E-state index in [1.807, 2.05) is 84.2 Å². The van der Waals surface area contributed by atoms with E-state index in [0.29, 0.717) is 12.4 Å². The lowest BCUT2D eigenvalue weighted by molar-refractivity contribution is 0.669. The lowest BCUT2D eigenvalue weighted by Gasteiger charge is -2.09. The van der Waals surface area contributed by atoms with Crippen molar-refractivity contribution in [2.75, 3.05) is 0 Å². The van der Waals surface area contributed by atoms with Gasteiger partial charge in [-0.3, -0.25) is 14.1 Å². The monoisotopic (exact) mass is 468 g/mol. The molecular weight excluding hydrogens is 440 g/mol. The Kier molecular flexibility index (Phi) is 6.13. The van der Waals surface area contributed by atoms with E-state index < -0.39 is 0 Å². The number of aryl methyl sites for hydroxylation is 3. The van der Waals surface area contributed by atoms with Gasteiger partial charge in [-0.2, -0.15) is 0 Å². The van der Waals surface area contributed by atoms with Crippen LogP contribution in [0.25, 0.3) is 28.5 Å². The Morgan fingerprint density at radius 1 is 1.06 bits per heavy atom. The second kappa shape index (κ2) is 9.54. The molecule has 0 amide bonds. The fourth-order valence-electron chi connectivity index (χ4n) is 4.46. The molecule has 0 atom stereocenters. The largest absolute Gasteiger partial charge is 0.337 e. The van der Waals surface area contributed by atoms with Crippen LogP contribution in [-0.4, -0.2) is 39.3 Å². The smallest absolute Gasteiger partial charge is 0.334 e. The molecule has 178 valence electrons. The van der Waals surface area contributed by atoms with Crippen LogP contribution in [0, 0.1) is 6.92 Å². The fourth-order valence-corrected chi connectivity index (χ4v) is 4.46. The third kappa shape index (κ3) is 4.32. The summed E-state index contributed by atoms with van der Waals surface area (Å²) in [5.74, 6) is 1.49. The number of aromatic nitrogens is 8. The van der Waals surface area contributed by atoms with Crippen LogP contribution in [0.1, 0.15) is 36.6 Å². The molecule has 0 saturated carbocycles. The molecular formula is C26H28N8O. The maximum absolute atomic E-state index is 13.5. The Morgan fingerprint density at radius 3 is 2.54 bits per heavy atom. The summed E-state index contributed by atoms with van der Waals surface area (Å²) < 4.78 is 5.62. The summed E-state index contributed by atoms with van der Waals surface area (Å²) in [6.07, 6.45) is 8.76. The summed E-state index contributed by atoms with van der Waals surface area (Å²) in [6, 6.07) is 13.9. The standard InChI is InChI=1S/C26H28N8O/c1-4-5-8-20-17-34(25-18(2)13-14-32(25)3)26(35)33(20)16-19-11-12-23(27-15-19)21-9-6-7-10-22(21)24-28-30-31-29-24/h6-7,9-15,17H,4-5,8,16H2,1-3H3,(H,28,29,30,31). The summed E-state index contributed by atoms with van der Waals surface area (Å²) in [4.78, 5) is 18.2. The van der Waals surface area contributed by atoms with E-state index in [1.54, 1.807) is 4.57 Å². The lowest BCUT2D eigenvalue weighted by Crippen LogP contribution is -2.26. The third-order valence-electron chi connectivity index (χ3n) is 6.28. The maximum Gasteiger partial charge on any atom is 0.334 e. The number of unbranched alkanes of at least 4 members (excludes halogenated alkanes) is 1. The summed E-state index contributed by atoms with van der Waals surface area (Å²) in [5, 5.41) is 14.2. The number of rotatable bonds is 8. The zero-order chi connectivity index (χ0) is 24.4. The van der Waals surface area contributed by atoms with Crippen LogP contribution >= 0.6 is 0 Å². The van der Waals surface area contributed by atoms with Crippen molar-refractivity contribution in [3.05, 3.63) is 88.4 Å². The molecule has 1 N–H and O–H groups in total. The summed E-state index contributed by atoms with van der Waals surface area (Å²) in [6.45, 7) is 4.66. The normalized spacial score (nSPS) is 11.3. The van der Waals surface area contributed by atoms with Gasteiger partial charge in [-0.1, -0.05) is 43.7 Å². The zero-order valence-corrected chi connectivity index (χ0v) is 20.1. The van der Waals surface area contributed by atoms with Gasteiger partial charge in [0, 0.05) is 42.5 Å². The molecule has 5 rings (SSSR count). The van der Waals surface area contributed by atoms with Crippen LogP contribution in [0.4, 0.5) is 0 Å². The predicted octanol–water partition coefficient (Wildman–Crippen LogP) is 3.92. The topological polar surface area (TPSA) is 99.2 Å². The molecule has 0 spiro atoms. The molecule has 9 nitrogen and oxygen atoms in total. The highest BCUT2D eigenvalue weighted by Gasteiger charge is 2.17. The Balaban J connectivity index is 1.48. The van der Waals surface area contributed by atoms with Crippen molar-refractivity contribution >= 4 is 0 Å². The van der Waals surface area contributed by atoms with Gasteiger partial charge in [-0.25, -0.2) is 9.89 Å². The van der Waals surface area contributed by atoms with Crippen LogP contribution in [0.15, 0.2) is 65.8 Å². The third-order valence-corrected chi connectivity index (χ3v) is 6.28. The Labute approximate surface area is 203 Å².